The predicted molar refractivity (Wildman–Crippen MR) is 78.5 cm³/mol. The van der Waals surface area contributed by atoms with Crippen LogP contribution in [0.3, 0.4) is 0 Å². The fraction of sp³-hybridized carbons (Fsp3) is 0.933. The minimum atomic E-state index is -0.686. The Morgan fingerprint density at radius 1 is 0.895 bits per heavy atom. The van der Waals surface area contributed by atoms with Crippen molar-refractivity contribution >= 4 is 5.97 Å². The number of hydrogen-bond acceptors (Lipinski definition) is 3. The lowest BCUT2D eigenvalue weighted by molar-refractivity contribution is -0.137. The molecule has 4 nitrogen and oxygen atoms in total. The molecule has 0 unspecified atom stereocenters. The van der Waals surface area contributed by atoms with Gasteiger partial charge >= 0.3 is 5.97 Å². The summed E-state index contributed by atoms with van der Waals surface area (Å²) in [6.45, 7) is 8.46. The Kier molecular flexibility index (Phi) is 8.84. The van der Waals surface area contributed by atoms with Gasteiger partial charge in [-0.3, -0.25) is 4.79 Å². The van der Waals surface area contributed by atoms with E-state index in [1.807, 2.05) is 0 Å². The summed E-state index contributed by atoms with van der Waals surface area (Å²) in [7, 11) is 0. The number of hydrogen-bond donors (Lipinski definition) is 1. The van der Waals surface area contributed by atoms with Crippen molar-refractivity contribution in [2.45, 2.75) is 51.9 Å². The molecule has 1 aliphatic heterocycles. The zero-order valence-electron chi connectivity index (χ0n) is 12.4. The number of piperazine rings is 1. The molecular formula is C15H30N2O2. The van der Waals surface area contributed by atoms with Crippen LogP contribution < -0.4 is 0 Å². The Balaban J connectivity index is 1.96. The first-order valence-corrected chi connectivity index (χ1v) is 7.89. The normalized spacial score (nSPS) is 17.7. The largest absolute Gasteiger partial charge is 0.481 e. The summed E-state index contributed by atoms with van der Waals surface area (Å²) in [5, 5.41) is 8.66. The quantitative estimate of drug-likeness (QED) is 0.619. The van der Waals surface area contributed by atoms with Crippen molar-refractivity contribution in [1.29, 1.82) is 0 Å². The van der Waals surface area contributed by atoms with Gasteiger partial charge in [-0.2, -0.15) is 0 Å². The van der Waals surface area contributed by atoms with Crippen molar-refractivity contribution in [2.75, 3.05) is 39.3 Å². The van der Waals surface area contributed by atoms with Gasteiger partial charge in [-0.15, -0.1) is 0 Å². The van der Waals surface area contributed by atoms with E-state index in [9.17, 15) is 4.79 Å². The van der Waals surface area contributed by atoms with Crippen molar-refractivity contribution < 1.29 is 9.90 Å². The third-order valence-corrected chi connectivity index (χ3v) is 3.93. The van der Waals surface area contributed by atoms with E-state index >= 15 is 0 Å². The maximum atomic E-state index is 10.5. The fourth-order valence-corrected chi connectivity index (χ4v) is 2.61. The van der Waals surface area contributed by atoms with Crippen LogP contribution in [0.25, 0.3) is 0 Å². The van der Waals surface area contributed by atoms with E-state index in [-0.39, 0.29) is 6.42 Å². The number of carbonyl (C=O) groups is 1. The highest BCUT2D eigenvalue weighted by Gasteiger charge is 2.16. The molecule has 19 heavy (non-hydrogen) atoms. The summed E-state index contributed by atoms with van der Waals surface area (Å²) in [4.78, 5) is 15.3. The molecule has 0 atom stereocenters. The van der Waals surface area contributed by atoms with E-state index in [2.05, 4.69) is 16.7 Å². The van der Waals surface area contributed by atoms with Crippen LogP contribution in [0.15, 0.2) is 0 Å². The minimum absolute atomic E-state index is 0.275. The molecule has 1 rings (SSSR count). The Bertz CT molecular complexity index is 238. The fourth-order valence-electron chi connectivity index (χ4n) is 2.61. The third-order valence-electron chi connectivity index (χ3n) is 3.93. The van der Waals surface area contributed by atoms with Gasteiger partial charge in [0.2, 0.25) is 0 Å². The molecule has 112 valence electrons. The number of aliphatic carboxylic acids is 1. The van der Waals surface area contributed by atoms with Gasteiger partial charge in [-0.1, -0.05) is 39.0 Å². The van der Waals surface area contributed by atoms with Gasteiger partial charge in [0.15, 0.2) is 0 Å². The van der Waals surface area contributed by atoms with Crippen LogP contribution in [-0.2, 0) is 4.79 Å². The molecule has 1 aliphatic rings. The molecule has 4 heteroatoms. The molecule has 0 amide bonds. The lowest BCUT2D eigenvalue weighted by Crippen LogP contribution is -2.47. The number of unbranched alkanes of at least 4 members (excludes halogenated alkanes) is 5. The molecule has 0 bridgehead atoms. The minimum Gasteiger partial charge on any atom is -0.481 e. The molecule has 0 saturated carbocycles. The van der Waals surface area contributed by atoms with Crippen LogP contribution in [-0.4, -0.2) is 60.1 Å². The summed E-state index contributed by atoms with van der Waals surface area (Å²) >= 11 is 0. The monoisotopic (exact) mass is 270 g/mol. The molecule has 1 heterocycles. The maximum Gasteiger partial charge on any atom is 0.304 e. The van der Waals surface area contributed by atoms with Crippen LogP contribution in [0, 0.1) is 0 Å². The van der Waals surface area contributed by atoms with E-state index in [4.69, 9.17) is 5.11 Å². The van der Waals surface area contributed by atoms with Gasteiger partial charge in [-0.05, 0) is 13.0 Å². The van der Waals surface area contributed by atoms with E-state index < -0.39 is 5.97 Å². The van der Waals surface area contributed by atoms with Crippen molar-refractivity contribution in [3.05, 3.63) is 0 Å². The number of carboxylic acid groups (broad SMARTS) is 1. The van der Waals surface area contributed by atoms with Gasteiger partial charge < -0.3 is 14.9 Å². The highest BCUT2D eigenvalue weighted by atomic mass is 16.4. The lowest BCUT2D eigenvalue weighted by atomic mass is 10.1. The van der Waals surface area contributed by atoms with Gasteiger partial charge in [0.05, 0.1) is 6.42 Å². The second kappa shape index (κ2) is 10.2. The van der Waals surface area contributed by atoms with E-state index in [0.29, 0.717) is 6.54 Å². The van der Waals surface area contributed by atoms with Crippen LogP contribution in [0.4, 0.5) is 0 Å². The number of carboxylic acids is 1. The Morgan fingerprint density at radius 2 is 1.42 bits per heavy atom. The van der Waals surface area contributed by atoms with Gasteiger partial charge in [0, 0.05) is 32.7 Å². The smallest absolute Gasteiger partial charge is 0.304 e. The Hall–Kier alpha value is -0.610. The highest BCUT2D eigenvalue weighted by molar-refractivity contribution is 5.66. The van der Waals surface area contributed by atoms with Gasteiger partial charge in [-0.25, -0.2) is 0 Å². The standard InChI is InChI=1S/C15H30N2O2/c1-2-3-4-5-6-7-9-16-11-13-17(14-12-16)10-8-15(18)19/h2-14H2,1H3,(H,18,19). The predicted octanol–water partition coefficient (Wildman–Crippen LogP) is 2.44. The zero-order chi connectivity index (χ0) is 13.9. The molecule has 0 aromatic heterocycles. The summed E-state index contributed by atoms with van der Waals surface area (Å²) in [5.41, 5.74) is 0. The third kappa shape index (κ3) is 8.22. The summed E-state index contributed by atoms with van der Waals surface area (Å²) < 4.78 is 0. The highest BCUT2D eigenvalue weighted by Crippen LogP contribution is 2.08. The van der Waals surface area contributed by atoms with Crippen LogP contribution in [0.1, 0.15) is 51.9 Å². The van der Waals surface area contributed by atoms with Crippen LogP contribution >= 0.6 is 0 Å². The van der Waals surface area contributed by atoms with Crippen molar-refractivity contribution in [2.24, 2.45) is 0 Å². The first-order valence-electron chi connectivity index (χ1n) is 7.89. The van der Waals surface area contributed by atoms with Gasteiger partial charge in [0.25, 0.3) is 0 Å². The number of nitrogens with zero attached hydrogens (tertiary/aromatic N) is 2. The summed E-state index contributed by atoms with van der Waals surface area (Å²) in [6.07, 6.45) is 8.42. The molecule has 0 aromatic carbocycles. The zero-order valence-corrected chi connectivity index (χ0v) is 12.4. The van der Waals surface area contributed by atoms with E-state index in [1.165, 1.54) is 45.1 Å². The van der Waals surface area contributed by atoms with Crippen molar-refractivity contribution in [3.8, 4) is 0 Å². The Labute approximate surface area is 117 Å². The van der Waals surface area contributed by atoms with Crippen molar-refractivity contribution in [1.82, 2.24) is 9.80 Å². The molecule has 1 N–H and O–H groups in total. The Morgan fingerprint density at radius 3 is 2.00 bits per heavy atom. The van der Waals surface area contributed by atoms with Crippen LogP contribution in [0.5, 0.6) is 0 Å². The topological polar surface area (TPSA) is 43.8 Å². The lowest BCUT2D eigenvalue weighted by Gasteiger charge is -2.34. The number of rotatable bonds is 10. The van der Waals surface area contributed by atoms with Crippen LogP contribution in [0.2, 0.25) is 0 Å². The summed E-state index contributed by atoms with van der Waals surface area (Å²) in [5.74, 6) is -0.686. The molecular weight excluding hydrogens is 240 g/mol. The molecule has 0 radical (unpaired) electrons. The SMILES string of the molecule is CCCCCCCCN1CCN(CCC(=O)O)CC1. The first-order chi connectivity index (χ1) is 9.22. The second-order valence-electron chi connectivity index (χ2n) is 5.59. The second-order valence-corrected chi connectivity index (χ2v) is 5.59. The van der Waals surface area contributed by atoms with E-state index in [0.717, 1.165) is 26.2 Å². The molecule has 1 saturated heterocycles. The first kappa shape index (κ1) is 16.4. The molecule has 0 spiro atoms. The van der Waals surface area contributed by atoms with E-state index in [1.54, 1.807) is 0 Å². The van der Waals surface area contributed by atoms with Crippen molar-refractivity contribution in [3.63, 3.8) is 0 Å². The maximum absolute atomic E-state index is 10.5. The molecule has 0 aliphatic carbocycles. The summed E-state index contributed by atoms with van der Waals surface area (Å²) in [6, 6.07) is 0. The molecule has 1 fully saturated rings. The van der Waals surface area contributed by atoms with Gasteiger partial charge in [0.1, 0.15) is 0 Å². The average molecular weight is 270 g/mol. The molecule has 0 aromatic rings. The average Bonchev–Trinajstić information content (AvgIpc) is 2.41.